The molecule has 0 saturated carbocycles. The fourth-order valence-corrected chi connectivity index (χ4v) is 3.08. The predicted molar refractivity (Wildman–Crippen MR) is 75.4 cm³/mol. The van der Waals surface area contributed by atoms with Gasteiger partial charge in [0.25, 0.3) is 0 Å². The Labute approximate surface area is 114 Å². The molecule has 0 aliphatic carbocycles. The molecule has 1 aliphatic rings. The van der Waals surface area contributed by atoms with Gasteiger partial charge < -0.3 is 9.64 Å². The Morgan fingerprint density at radius 2 is 2.00 bits per heavy atom. The second-order valence-corrected chi connectivity index (χ2v) is 6.77. The Morgan fingerprint density at radius 1 is 1.33 bits per heavy atom. The molecule has 0 aromatic carbocycles. The largest absolute Gasteiger partial charge is 0.384 e. The molecule has 0 radical (unpaired) electrons. The van der Waals surface area contributed by atoms with Crippen LogP contribution in [0.3, 0.4) is 0 Å². The Hall–Kier alpha value is -0.680. The van der Waals surface area contributed by atoms with Gasteiger partial charge >= 0.3 is 0 Å². The van der Waals surface area contributed by atoms with E-state index in [9.17, 15) is 0 Å². The van der Waals surface area contributed by atoms with E-state index < -0.39 is 0 Å². The van der Waals surface area contributed by atoms with Crippen LogP contribution >= 0.6 is 11.5 Å². The molecule has 1 aromatic heterocycles. The van der Waals surface area contributed by atoms with Crippen LogP contribution in [0.15, 0.2) is 0 Å². The molecule has 0 unspecified atom stereocenters. The maximum absolute atomic E-state index is 5.23. The molecule has 0 atom stereocenters. The Bertz CT molecular complexity index is 378. The number of hydrogen-bond acceptors (Lipinski definition) is 5. The third kappa shape index (κ3) is 3.20. The van der Waals surface area contributed by atoms with Gasteiger partial charge in [0.15, 0.2) is 0 Å². The van der Waals surface area contributed by atoms with Gasteiger partial charge in [-0.1, -0.05) is 20.8 Å². The van der Waals surface area contributed by atoms with Gasteiger partial charge in [0.2, 0.25) is 5.13 Å². The lowest BCUT2D eigenvalue weighted by Gasteiger charge is -2.31. The van der Waals surface area contributed by atoms with Crippen molar-refractivity contribution in [1.29, 1.82) is 0 Å². The molecule has 2 rings (SSSR count). The lowest BCUT2D eigenvalue weighted by Crippen LogP contribution is -2.35. The minimum absolute atomic E-state index is 0.0448. The summed E-state index contributed by atoms with van der Waals surface area (Å²) in [5, 5.41) is 1.08. The summed E-state index contributed by atoms with van der Waals surface area (Å²) in [7, 11) is 1.78. The Balaban J connectivity index is 1.95. The van der Waals surface area contributed by atoms with E-state index in [-0.39, 0.29) is 5.41 Å². The highest BCUT2D eigenvalue weighted by molar-refractivity contribution is 7.09. The summed E-state index contributed by atoms with van der Waals surface area (Å²) in [5.41, 5.74) is 0.0448. The third-order valence-corrected chi connectivity index (χ3v) is 4.15. The molecule has 0 spiro atoms. The Morgan fingerprint density at radius 3 is 2.50 bits per heavy atom. The van der Waals surface area contributed by atoms with E-state index in [0.717, 1.165) is 30.7 Å². The first-order valence-electron chi connectivity index (χ1n) is 6.59. The molecular formula is C13H23N3OS. The van der Waals surface area contributed by atoms with Gasteiger partial charge in [0.1, 0.15) is 5.82 Å². The molecule has 2 heterocycles. The average molecular weight is 269 g/mol. The van der Waals surface area contributed by atoms with Crippen LogP contribution in [0.1, 0.15) is 39.4 Å². The maximum atomic E-state index is 5.23. The van der Waals surface area contributed by atoms with Crippen LogP contribution in [0.5, 0.6) is 0 Å². The van der Waals surface area contributed by atoms with Crippen molar-refractivity contribution >= 4 is 16.7 Å². The van der Waals surface area contributed by atoms with Crippen molar-refractivity contribution in [1.82, 2.24) is 9.36 Å². The van der Waals surface area contributed by atoms with Crippen molar-refractivity contribution in [3.8, 4) is 0 Å². The molecule has 4 nitrogen and oxygen atoms in total. The number of nitrogens with zero attached hydrogens (tertiary/aromatic N) is 3. The van der Waals surface area contributed by atoms with Gasteiger partial charge in [-0.2, -0.15) is 4.37 Å². The molecular weight excluding hydrogens is 246 g/mol. The van der Waals surface area contributed by atoms with Gasteiger partial charge in [-0.25, -0.2) is 4.98 Å². The quantitative estimate of drug-likeness (QED) is 0.845. The summed E-state index contributed by atoms with van der Waals surface area (Å²) in [5.74, 6) is 1.67. The van der Waals surface area contributed by atoms with Crippen LogP contribution in [-0.2, 0) is 10.2 Å². The fourth-order valence-electron chi connectivity index (χ4n) is 2.18. The van der Waals surface area contributed by atoms with Crippen LogP contribution in [0.25, 0.3) is 0 Å². The van der Waals surface area contributed by atoms with E-state index in [1.165, 1.54) is 24.4 Å². The standard InChI is InChI=1S/C13H23N3OS/c1-13(2,3)11-14-12(18-15-11)16-7-5-10(6-8-16)9-17-4/h10H,5-9H2,1-4H3. The zero-order valence-electron chi connectivity index (χ0n) is 11.8. The molecule has 5 heteroatoms. The van der Waals surface area contributed by atoms with E-state index >= 15 is 0 Å². The van der Waals surface area contributed by atoms with Crippen molar-refractivity contribution in [3.63, 3.8) is 0 Å². The molecule has 0 bridgehead atoms. The summed E-state index contributed by atoms with van der Waals surface area (Å²) in [6.07, 6.45) is 2.39. The first-order chi connectivity index (χ1) is 8.50. The number of piperidine rings is 1. The van der Waals surface area contributed by atoms with Gasteiger partial charge in [-0.05, 0) is 18.8 Å². The van der Waals surface area contributed by atoms with Crippen LogP contribution < -0.4 is 4.90 Å². The molecule has 1 aliphatic heterocycles. The first kappa shape index (κ1) is 13.7. The number of aromatic nitrogens is 2. The summed E-state index contributed by atoms with van der Waals surface area (Å²) in [6, 6.07) is 0. The number of rotatable bonds is 3. The van der Waals surface area contributed by atoms with Crippen molar-refractivity contribution in [2.24, 2.45) is 5.92 Å². The summed E-state index contributed by atoms with van der Waals surface area (Å²) in [6.45, 7) is 9.51. The van der Waals surface area contributed by atoms with E-state index in [0.29, 0.717) is 5.92 Å². The van der Waals surface area contributed by atoms with Crippen LogP contribution in [0.4, 0.5) is 5.13 Å². The molecule has 102 valence electrons. The van der Waals surface area contributed by atoms with Crippen LogP contribution in [-0.4, -0.2) is 36.2 Å². The summed E-state index contributed by atoms with van der Waals surface area (Å²) >= 11 is 1.53. The average Bonchev–Trinajstić information content (AvgIpc) is 2.79. The summed E-state index contributed by atoms with van der Waals surface area (Å²) in [4.78, 5) is 7.04. The SMILES string of the molecule is COCC1CCN(c2nc(C(C)(C)C)ns2)CC1. The number of methoxy groups -OCH3 is 1. The maximum Gasteiger partial charge on any atom is 0.205 e. The third-order valence-electron chi connectivity index (χ3n) is 3.37. The van der Waals surface area contributed by atoms with Gasteiger partial charge in [-0.15, -0.1) is 0 Å². The predicted octanol–water partition coefficient (Wildman–Crippen LogP) is 2.70. The number of ether oxygens (including phenoxy) is 1. The van der Waals surface area contributed by atoms with E-state index in [2.05, 4.69) is 35.0 Å². The number of hydrogen-bond donors (Lipinski definition) is 0. The van der Waals surface area contributed by atoms with Crippen LogP contribution in [0.2, 0.25) is 0 Å². The highest BCUT2D eigenvalue weighted by atomic mass is 32.1. The Kier molecular flexibility index (Phi) is 4.22. The topological polar surface area (TPSA) is 38.2 Å². The van der Waals surface area contributed by atoms with Crippen molar-refractivity contribution in [3.05, 3.63) is 5.82 Å². The molecule has 1 fully saturated rings. The van der Waals surface area contributed by atoms with Crippen molar-refractivity contribution in [2.75, 3.05) is 31.7 Å². The number of anilines is 1. The van der Waals surface area contributed by atoms with Gasteiger partial charge in [0, 0.05) is 43.8 Å². The lowest BCUT2D eigenvalue weighted by molar-refractivity contribution is 0.139. The van der Waals surface area contributed by atoms with Crippen molar-refractivity contribution < 1.29 is 4.74 Å². The summed E-state index contributed by atoms with van der Waals surface area (Å²) < 4.78 is 9.71. The van der Waals surface area contributed by atoms with E-state index in [1.807, 2.05) is 0 Å². The zero-order valence-corrected chi connectivity index (χ0v) is 12.6. The van der Waals surface area contributed by atoms with E-state index in [4.69, 9.17) is 4.74 Å². The van der Waals surface area contributed by atoms with E-state index in [1.54, 1.807) is 7.11 Å². The van der Waals surface area contributed by atoms with Gasteiger partial charge in [0.05, 0.1) is 0 Å². The highest BCUT2D eigenvalue weighted by Crippen LogP contribution is 2.28. The van der Waals surface area contributed by atoms with Crippen LogP contribution in [0, 0.1) is 5.92 Å². The monoisotopic (exact) mass is 269 g/mol. The molecule has 1 saturated heterocycles. The molecule has 0 amide bonds. The lowest BCUT2D eigenvalue weighted by atomic mass is 9.96. The normalized spacial score (nSPS) is 18.3. The smallest absolute Gasteiger partial charge is 0.205 e. The zero-order chi connectivity index (χ0) is 13.2. The minimum Gasteiger partial charge on any atom is -0.384 e. The molecule has 1 aromatic rings. The first-order valence-corrected chi connectivity index (χ1v) is 7.36. The molecule has 0 N–H and O–H groups in total. The second-order valence-electron chi connectivity index (χ2n) is 6.04. The molecule has 18 heavy (non-hydrogen) atoms. The minimum atomic E-state index is 0.0448. The van der Waals surface area contributed by atoms with Crippen molar-refractivity contribution in [2.45, 2.75) is 39.0 Å². The fraction of sp³-hybridized carbons (Fsp3) is 0.846. The highest BCUT2D eigenvalue weighted by Gasteiger charge is 2.24. The van der Waals surface area contributed by atoms with Gasteiger partial charge in [-0.3, -0.25) is 0 Å². The second kappa shape index (κ2) is 5.53.